The van der Waals surface area contributed by atoms with Gasteiger partial charge in [-0.1, -0.05) is 12.1 Å². The molecule has 4 rings (SSSR count). The van der Waals surface area contributed by atoms with Crippen LogP contribution in [0.1, 0.15) is 31.2 Å². The molecule has 0 unspecified atom stereocenters. The Kier molecular flexibility index (Phi) is 6.43. The van der Waals surface area contributed by atoms with E-state index < -0.39 is 0 Å². The summed E-state index contributed by atoms with van der Waals surface area (Å²) in [4.78, 5) is 40.1. The van der Waals surface area contributed by atoms with Gasteiger partial charge in [0.05, 0.1) is 14.2 Å². The van der Waals surface area contributed by atoms with Gasteiger partial charge in [-0.05, 0) is 48.8 Å². The number of nitrogens with zero attached hydrogens (tertiary/aromatic N) is 2. The summed E-state index contributed by atoms with van der Waals surface area (Å²) >= 11 is 0. The van der Waals surface area contributed by atoms with E-state index in [0.717, 1.165) is 37.0 Å². The Labute approximate surface area is 188 Å². The lowest BCUT2D eigenvalue weighted by Gasteiger charge is -2.57. The van der Waals surface area contributed by atoms with Crippen molar-refractivity contribution in [3.8, 4) is 5.75 Å². The summed E-state index contributed by atoms with van der Waals surface area (Å²) in [6.45, 7) is 2.64. The third kappa shape index (κ3) is 4.76. The zero-order valence-electron chi connectivity index (χ0n) is 18.8. The van der Waals surface area contributed by atoms with E-state index in [1.54, 1.807) is 12.0 Å². The van der Waals surface area contributed by atoms with Crippen LogP contribution in [0, 0.1) is 11.3 Å². The molecular formula is C23H32N4O5. The molecule has 1 heterocycles. The number of nitrogens with one attached hydrogen (secondary N) is 2. The number of methoxy groups -OCH3 is 2. The average molecular weight is 445 g/mol. The number of carbonyl (C=O) groups is 3. The molecule has 32 heavy (non-hydrogen) atoms. The van der Waals surface area contributed by atoms with Crippen LogP contribution in [-0.4, -0.2) is 74.3 Å². The highest BCUT2D eigenvalue weighted by Crippen LogP contribution is 2.59. The Morgan fingerprint density at radius 2 is 1.59 bits per heavy atom. The molecule has 1 aromatic carbocycles. The topological polar surface area (TPSA) is 100 Å². The highest BCUT2D eigenvalue weighted by atomic mass is 16.5. The maximum Gasteiger partial charge on any atom is 0.409 e. The van der Waals surface area contributed by atoms with Crippen LogP contribution in [0.4, 0.5) is 9.59 Å². The molecule has 9 nitrogen and oxygen atoms in total. The lowest BCUT2D eigenvalue weighted by atomic mass is 9.50. The first-order valence-electron chi connectivity index (χ1n) is 11.2. The van der Waals surface area contributed by atoms with Gasteiger partial charge in [-0.2, -0.15) is 0 Å². The molecule has 0 radical (unpaired) electrons. The van der Waals surface area contributed by atoms with Crippen LogP contribution in [-0.2, 0) is 16.1 Å². The van der Waals surface area contributed by atoms with Gasteiger partial charge in [-0.25, -0.2) is 9.59 Å². The van der Waals surface area contributed by atoms with Crippen molar-refractivity contribution in [2.24, 2.45) is 11.3 Å². The number of piperazine rings is 1. The van der Waals surface area contributed by atoms with Crippen molar-refractivity contribution in [1.29, 1.82) is 0 Å². The quantitative estimate of drug-likeness (QED) is 0.723. The molecule has 174 valence electrons. The number of benzene rings is 1. The van der Waals surface area contributed by atoms with Gasteiger partial charge in [0.2, 0.25) is 5.91 Å². The van der Waals surface area contributed by atoms with Gasteiger partial charge in [0.15, 0.2) is 0 Å². The number of rotatable bonds is 5. The number of hydrogen-bond acceptors (Lipinski definition) is 5. The molecule has 2 N–H and O–H groups in total. The Morgan fingerprint density at radius 3 is 2.19 bits per heavy atom. The van der Waals surface area contributed by atoms with E-state index >= 15 is 0 Å². The molecule has 0 aromatic heterocycles. The number of carbonyl (C=O) groups excluding carboxylic acids is 3. The monoisotopic (exact) mass is 444 g/mol. The zero-order valence-corrected chi connectivity index (χ0v) is 18.8. The van der Waals surface area contributed by atoms with Gasteiger partial charge in [0, 0.05) is 44.7 Å². The Morgan fingerprint density at radius 1 is 0.969 bits per heavy atom. The molecule has 1 spiro atoms. The van der Waals surface area contributed by atoms with Gasteiger partial charge >= 0.3 is 12.1 Å². The van der Waals surface area contributed by atoms with Crippen LogP contribution >= 0.6 is 0 Å². The van der Waals surface area contributed by atoms with Crippen LogP contribution in [0.15, 0.2) is 24.3 Å². The van der Waals surface area contributed by atoms with Gasteiger partial charge in [0.25, 0.3) is 0 Å². The number of amides is 4. The van der Waals surface area contributed by atoms with Gasteiger partial charge in [0.1, 0.15) is 5.75 Å². The molecule has 1 saturated heterocycles. The summed E-state index contributed by atoms with van der Waals surface area (Å²) in [5, 5.41) is 5.94. The average Bonchev–Trinajstić information content (AvgIpc) is 2.77. The SMILES string of the molecule is COC(=O)N1CCN(C(=O)C2CC3(CC(NC(=O)NCc4ccc(OC)cc4)C3)C2)CC1. The summed E-state index contributed by atoms with van der Waals surface area (Å²) in [5.74, 6) is 1.07. The number of hydrogen-bond donors (Lipinski definition) is 2. The fourth-order valence-electron chi connectivity index (χ4n) is 5.24. The van der Waals surface area contributed by atoms with Crippen molar-refractivity contribution >= 4 is 18.0 Å². The van der Waals surface area contributed by atoms with Crippen LogP contribution in [0.25, 0.3) is 0 Å². The Bertz CT molecular complexity index is 836. The summed E-state index contributed by atoms with van der Waals surface area (Å²) in [5.41, 5.74) is 1.22. The van der Waals surface area contributed by atoms with E-state index in [1.807, 2.05) is 29.2 Å². The van der Waals surface area contributed by atoms with E-state index in [2.05, 4.69) is 10.6 Å². The van der Waals surface area contributed by atoms with E-state index in [9.17, 15) is 14.4 Å². The number of ether oxygens (including phenoxy) is 2. The zero-order chi connectivity index (χ0) is 22.7. The molecule has 4 amide bonds. The largest absolute Gasteiger partial charge is 0.497 e. The first-order chi connectivity index (χ1) is 15.4. The van der Waals surface area contributed by atoms with Crippen LogP contribution in [0.2, 0.25) is 0 Å². The van der Waals surface area contributed by atoms with Crippen LogP contribution in [0.5, 0.6) is 5.75 Å². The highest BCUT2D eigenvalue weighted by Gasteiger charge is 2.55. The van der Waals surface area contributed by atoms with Crippen molar-refractivity contribution in [2.75, 3.05) is 40.4 Å². The van der Waals surface area contributed by atoms with Crippen LogP contribution in [0.3, 0.4) is 0 Å². The molecule has 3 aliphatic rings. The maximum absolute atomic E-state index is 12.8. The third-order valence-corrected chi connectivity index (χ3v) is 7.04. The smallest absolute Gasteiger partial charge is 0.409 e. The molecule has 1 aromatic rings. The highest BCUT2D eigenvalue weighted by molar-refractivity contribution is 5.80. The standard InChI is InChI=1S/C23H32N4O5/c1-31-19-5-3-16(4-6-19)15-24-21(29)25-18-13-23(14-18)11-17(12-23)20(28)26-7-9-27(10-8-26)22(30)32-2/h3-6,17-18H,7-15H2,1-2H3,(H2,24,25,29). The Hall–Kier alpha value is -2.97. The second kappa shape index (κ2) is 9.26. The molecule has 1 aliphatic heterocycles. The minimum Gasteiger partial charge on any atom is -0.497 e. The second-order valence-corrected chi connectivity index (χ2v) is 9.17. The van der Waals surface area contributed by atoms with Gasteiger partial charge < -0.3 is 29.9 Å². The minimum absolute atomic E-state index is 0.0736. The minimum atomic E-state index is -0.333. The van der Waals surface area contributed by atoms with Crippen molar-refractivity contribution in [3.63, 3.8) is 0 Å². The molecule has 9 heteroatoms. The lowest BCUT2D eigenvalue weighted by molar-refractivity contribution is -0.150. The van der Waals surface area contributed by atoms with Crippen molar-refractivity contribution in [2.45, 2.75) is 38.3 Å². The first kappa shape index (κ1) is 22.2. The lowest BCUT2D eigenvalue weighted by Crippen LogP contribution is -2.60. The first-order valence-corrected chi connectivity index (χ1v) is 11.2. The fraction of sp³-hybridized carbons (Fsp3) is 0.609. The van der Waals surface area contributed by atoms with Gasteiger partial charge in [-0.3, -0.25) is 4.79 Å². The van der Waals surface area contributed by atoms with E-state index in [-0.39, 0.29) is 35.4 Å². The summed E-state index contributed by atoms with van der Waals surface area (Å²) < 4.78 is 9.88. The molecule has 2 saturated carbocycles. The summed E-state index contributed by atoms with van der Waals surface area (Å²) in [7, 11) is 3.00. The predicted molar refractivity (Wildman–Crippen MR) is 117 cm³/mol. The second-order valence-electron chi connectivity index (χ2n) is 9.17. The summed E-state index contributed by atoms with van der Waals surface area (Å²) in [6.07, 6.45) is 3.33. The normalized spacial score (nSPS) is 26.6. The van der Waals surface area contributed by atoms with Crippen molar-refractivity contribution in [1.82, 2.24) is 20.4 Å². The number of urea groups is 1. The van der Waals surface area contributed by atoms with Gasteiger partial charge in [-0.15, -0.1) is 0 Å². The van der Waals surface area contributed by atoms with Crippen molar-refractivity contribution < 1.29 is 23.9 Å². The predicted octanol–water partition coefficient (Wildman–Crippen LogP) is 1.96. The maximum atomic E-state index is 12.8. The molecule has 3 fully saturated rings. The van der Waals surface area contributed by atoms with Crippen LogP contribution < -0.4 is 15.4 Å². The van der Waals surface area contributed by atoms with Crippen molar-refractivity contribution in [3.05, 3.63) is 29.8 Å². The molecular weight excluding hydrogens is 412 g/mol. The summed E-state index contributed by atoms with van der Waals surface area (Å²) in [6, 6.07) is 7.62. The molecule has 2 aliphatic carbocycles. The Balaban J connectivity index is 1.12. The van der Waals surface area contributed by atoms with E-state index in [0.29, 0.717) is 32.7 Å². The van der Waals surface area contributed by atoms with E-state index in [1.165, 1.54) is 7.11 Å². The fourth-order valence-corrected chi connectivity index (χ4v) is 5.24. The molecule has 0 atom stereocenters. The molecule has 0 bridgehead atoms. The third-order valence-electron chi connectivity index (χ3n) is 7.04. The van der Waals surface area contributed by atoms with E-state index in [4.69, 9.17) is 9.47 Å².